The summed E-state index contributed by atoms with van der Waals surface area (Å²) in [4.78, 5) is 18.9. The van der Waals surface area contributed by atoms with Gasteiger partial charge in [-0.3, -0.25) is 0 Å². The van der Waals surface area contributed by atoms with E-state index in [9.17, 15) is 15.0 Å². The Balaban J connectivity index is 1.73. The Labute approximate surface area is 143 Å². The van der Waals surface area contributed by atoms with Crippen molar-refractivity contribution in [2.45, 2.75) is 0 Å². The van der Waals surface area contributed by atoms with Gasteiger partial charge in [0.2, 0.25) is 0 Å². The molecule has 0 radical (unpaired) electrons. The minimum Gasteiger partial charge on any atom is -0.508 e. The van der Waals surface area contributed by atoms with Gasteiger partial charge in [0.05, 0.1) is 11.1 Å². The molecule has 25 heavy (non-hydrogen) atoms. The molecule has 0 fully saturated rings. The molecule has 0 aliphatic carbocycles. The van der Waals surface area contributed by atoms with Crippen LogP contribution in [-0.4, -0.2) is 26.2 Å². The number of nitrogens with one attached hydrogen (secondary N) is 1. The molecule has 0 saturated heterocycles. The van der Waals surface area contributed by atoms with Crippen LogP contribution in [0.5, 0.6) is 5.75 Å². The van der Waals surface area contributed by atoms with Crippen molar-refractivity contribution in [1.29, 1.82) is 0 Å². The molecule has 122 valence electrons. The fourth-order valence-corrected chi connectivity index (χ4v) is 2.82. The molecule has 1 aromatic heterocycles. The second-order valence-corrected chi connectivity index (χ2v) is 5.72. The summed E-state index contributed by atoms with van der Waals surface area (Å²) >= 11 is 0. The zero-order valence-electron chi connectivity index (χ0n) is 13.1. The third kappa shape index (κ3) is 2.72. The second-order valence-electron chi connectivity index (χ2n) is 5.72. The van der Waals surface area contributed by atoms with Crippen molar-refractivity contribution in [3.05, 3.63) is 72.3 Å². The minimum atomic E-state index is -0.994. The second kappa shape index (κ2) is 5.79. The third-order valence-electron chi connectivity index (χ3n) is 4.10. The maximum absolute atomic E-state index is 11.3. The number of hydrogen-bond donors (Lipinski definition) is 3. The minimum absolute atomic E-state index is 0.181. The van der Waals surface area contributed by atoms with Crippen molar-refractivity contribution in [3.8, 4) is 28.3 Å². The van der Waals surface area contributed by atoms with Crippen molar-refractivity contribution in [2.75, 3.05) is 0 Å². The number of hydrogen-bond acceptors (Lipinski definition) is 3. The molecule has 3 aromatic carbocycles. The van der Waals surface area contributed by atoms with E-state index in [2.05, 4.69) is 9.97 Å². The van der Waals surface area contributed by atoms with E-state index in [-0.39, 0.29) is 11.3 Å². The molecule has 5 nitrogen and oxygen atoms in total. The predicted octanol–water partition coefficient (Wildman–Crippen LogP) is 4.30. The summed E-state index contributed by atoms with van der Waals surface area (Å²) in [7, 11) is 0. The SMILES string of the molecule is O=C(O)c1cccc2[nH]c(-c3ccc(-c4ccc(O)cc4)cc3)nc12. The number of para-hydroxylation sites is 1. The van der Waals surface area contributed by atoms with Gasteiger partial charge in [0.15, 0.2) is 0 Å². The van der Waals surface area contributed by atoms with E-state index < -0.39 is 5.97 Å². The van der Waals surface area contributed by atoms with Crippen molar-refractivity contribution >= 4 is 17.0 Å². The van der Waals surface area contributed by atoms with Gasteiger partial charge in [-0.05, 0) is 35.4 Å². The molecule has 0 unspecified atom stereocenters. The number of imidazole rings is 1. The number of benzene rings is 3. The number of aromatic nitrogens is 2. The Hall–Kier alpha value is -3.60. The lowest BCUT2D eigenvalue weighted by Crippen LogP contribution is -1.96. The summed E-state index contributed by atoms with van der Waals surface area (Å²) in [5.41, 5.74) is 4.22. The average molecular weight is 330 g/mol. The molecule has 0 amide bonds. The third-order valence-corrected chi connectivity index (χ3v) is 4.10. The number of nitrogens with zero attached hydrogens (tertiary/aromatic N) is 1. The Kier molecular flexibility index (Phi) is 3.47. The molecule has 0 saturated carbocycles. The van der Waals surface area contributed by atoms with Gasteiger partial charge in [0, 0.05) is 5.56 Å². The van der Waals surface area contributed by atoms with Crippen LogP contribution >= 0.6 is 0 Å². The summed E-state index contributed by atoms with van der Waals surface area (Å²) in [5, 5.41) is 18.6. The van der Waals surface area contributed by atoms with E-state index in [4.69, 9.17) is 0 Å². The number of aromatic amines is 1. The van der Waals surface area contributed by atoms with E-state index in [1.165, 1.54) is 0 Å². The highest BCUT2D eigenvalue weighted by molar-refractivity contribution is 6.01. The van der Waals surface area contributed by atoms with E-state index >= 15 is 0 Å². The van der Waals surface area contributed by atoms with Crippen LogP contribution in [0.15, 0.2) is 66.7 Å². The molecular formula is C20H14N2O3. The zero-order valence-corrected chi connectivity index (χ0v) is 13.1. The van der Waals surface area contributed by atoms with Crippen LogP contribution < -0.4 is 0 Å². The average Bonchev–Trinajstić information content (AvgIpc) is 3.06. The van der Waals surface area contributed by atoms with E-state index in [1.807, 2.05) is 42.5 Å². The zero-order chi connectivity index (χ0) is 17.4. The Morgan fingerprint density at radius 2 is 1.44 bits per heavy atom. The number of H-pyrrole nitrogens is 1. The van der Waals surface area contributed by atoms with Crippen LogP contribution in [0.1, 0.15) is 10.4 Å². The number of aromatic hydroxyl groups is 1. The van der Waals surface area contributed by atoms with Crippen LogP contribution in [-0.2, 0) is 0 Å². The predicted molar refractivity (Wildman–Crippen MR) is 95.6 cm³/mol. The summed E-state index contributed by atoms with van der Waals surface area (Å²) in [6.45, 7) is 0. The van der Waals surface area contributed by atoms with Gasteiger partial charge in [-0.25, -0.2) is 9.78 Å². The van der Waals surface area contributed by atoms with Gasteiger partial charge in [0.25, 0.3) is 0 Å². The van der Waals surface area contributed by atoms with E-state index in [0.29, 0.717) is 16.9 Å². The number of fused-ring (bicyclic) bond motifs is 1. The first-order chi connectivity index (χ1) is 12.1. The molecular weight excluding hydrogens is 316 g/mol. The lowest BCUT2D eigenvalue weighted by atomic mass is 10.0. The van der Waals surface area contributed by atoms with Crippen LogP contribution in [0.4, 0.5) is 0 Å². The van der Waals surface area contributed by atoms with Gasteiger partial charge in [0.1, 0.15) is 17.1 Å². The van der Waals surface area contributed by atoms with Crippen molar-refractivity contribution in [2.24, 2.45) is 0 Å². The Morgan fingerprint density at radius 3 is 2.08 bits per heavy atom. The molecule has 0 aliphatic rings. The summed E-state index contributed by atoms with van der Waals surface area (Å²) < 4.78 is 0. The first kappa shape index (κ1) is 15.0. The smallest absolute Gasteiger partial charge is 0.337 e. The molecule has 3 N–H and O–H groups in total. The molecule has 4 rings (SSSR count). The molecule has 1 heterocycles. The Bertz CT molecular complexity index is 1060. The van der Waals surface area contributed by atoms with Gasteiger partial charge < -0.3 is 15.2 Å². The van der Waals surface area contributed by atoms with Crippen LogP contribution in [0, 0.1) is 0 Å². The Morgan fingerprint density at radius 1 is 0.840 bits per heavy atom. The lowest BCUT2D eigenvalue weighted by molar-refractivity contribution is 0.0699. The van der Waals surface area contributed by atoms with Crippen molar-refractivity contribution < 1.29 is 15.0 Å². The van der Waals surface area contributed by atoms with Gasteiger partial charge in [-0.2, -0.15) is 0 Å². The highest BCUT2D eigenvalue weighted by atomic mass is 16.4. The molecule has 4 aromatic rings. The van der Waals surface area contributed by atoms with Crippen LogP contribution in [0.2, 0.25) is 0 Å². The standard InChI is InChI=1S/C20H14N2O3/c23-15-10-8-13(9-11-15)12-4-6-14(7-5-12)19-21-17-3-1-2-16(20(24)25)18(17)22-19/h1-11,23H,(H,21,22)(H,24,25). The topological polar surface area (TPSA) is 86.2 Å². The normalized spacial score (nSPS) is 10.9. The number of rotatable bonds is 3. The number of phenolic OH excluding ortho intramolecular Hbond substituents is 1. The largest absolute Gasteiger partial charge is 0.508 e. The van der Waals surface area contributed by atoms with Crippen molar-refractivity contribution in [1.82, 2.24) is 9.97 Å². The fourth-order valence-electron chi connectivity index (χ4n) is 2.82. The quantitative estimate of drug-likeness (QED) is 0.523. The molecule has 0 atom stereocenters. The maximum atomic E-state index is 11.3. The van der Waals surface area contributed by atoms with Crippen LogP contribution in [0.25, 0.3) is 33.5 Å². The van der Waals surface area contributed by atoms with Crippen LogP contribution in [0.3, 0.4) is 0 Å². The first-order valence-electron chi connectivity index (χ1n) is 7.74. The highest BCUT2D eigenvalue weighted by Gasteiger charge is 2.13. The number of carboxylic acids is 1. The summed E-state index contributed by atoms with van der Waals surface area (Å²) in [6.07, 6.45) is 0. The number of carboxylic acid groups (broad SMARTS) is 1. The highest BCUT2D eigenvalue weighted by Crippen LogP contribution is 2.27. The van der Waals surface area contributed by atoms with Crippen molar-refractivity contribution in [3.63, 3.8) is 0 Å². The fraction of sp³-hybridized carbons (Fsp3) is 0. The number of carbonyl (C=O) groups is 1. The van der Waals surface area contributed by atoms with E-state index in [0.717, 1.165) is 16.7 Å². The maximum Gasteiger partial charge on any atom is 0.337 e. The summed E-state index contributed by atoms with van der Waals surface area (Å²) in [5.74, 6) is -0.135. The first-order valence-corrected chi connectivity index (χ1v) is 7.74. The molecule has 5 heteroatoms. The molecule has 0 spiro atoms. The molecule has 0 aliphatic heterocycles. The van der Waals surface area contributed by atoms with Gasteiger partial charge in [-0.15, -0.1) is 0 Å². The van der Waals surface area contributed by atoms with Gasteiger partial charge >= 0.3 is 5.97 Å². The summed E-state index contributed by atoms with van der Waals surface area (Å²) in [6, 6.07) is 19.8. The van der Waals surface area contributed by atoms with Gasteiger partial charge in [-0.1, -0.05) is 42.5 Å². The number of aromatic carboxylic acids is 1. The molecule has 0 bridgehead atoms. The number of phenols is 1. The monoisotopic (exact) mass is 330 g/mol. The lowest BCUT2D eigenvalue weighted by Gasteiger charge is -2.03. The van der Waals surface area contributed by atoms with E-state index in [1.54, 1.807) is 24.3 Å².